The number of nitrogens with zero attached hydrogens (tertiary/aromatic N) is 4. The van der Waals surface area contributed by atoms with Gasteiger partial charge in [0.2, 0.25) is 0 Å². The summed E-state index contributed by atoms with van der Waals surface area (Å²) in [6.07, 6.45) is 6.29. The zero-order valence-corrected chi connectivity index (χ0v) is 14.9. The molecule has 0 saturated heterocycles. The van der Waals surface area contributed by atoms with Crippen LogP contribution in [0.25, 0.3) is 11.3 Å². The van der Waals surface area contributed by atoms with Gasteiger partial charge in [0.25, 0.3) is 0 Å². The minimum atomic E-state index is 0.491. The monoisotopic (exact) mass is 358 g/mol. The average molecular weight is 359 g/mol. The second-order valence-corrected chi connectivity index (χ2v) is 6.82. The molecule has 2 heterocycles. The predicted octanol–water partition coefficient (Wildman–Crippen LogP) is 4.53. The lowest BCUT2D eigenvalue weighted by Crippen LogP contribution is -2.09. The summed E-state index contributed by atoms with van der Waals surface area (Å²) < 4.78 is 2.09. The number of aromatic nitrogens is 3. The molecule has 1 aromatic heterocycles. The van der Waals surface area contributed by atoms with Gasteiger partial charge < -0.3 is 0 Å². The maximum atomic E-state index is 6.08. The van der Waals surface area contributed by atoms with Gasteiger partial charge in [0.15, 0.2) is 5.82 Å². The zero-order chi connectivity index (χ0) is 17.7. The minimum absolute atomic E-state index is 0.491. The standard InChI is InChI=1S/C21H15ClN4/c1-13-24-25-20-12-23-21(15-5-8-17(22)9-6-15)18-11-16(14-3-2-4-14)7-10-19(18)26(13)20/h2-11H,12H2,1H3. The Hall–Kier alpha value is -2.98. The number of fused-ring (bicyclic) bond motifs is 3. The van der Waals surface area contributed by atoms with Gasteiger partial charge >= 0.3 is 0 Å². The summed E-state index contributed by atoms with van der Waals surface area (Å²) in [4.78, 5) is 4.88. The topological polar surface area (TPSA) is 43.1 Å². The highest BCUT2D eigenvalue weighted by molar-refractivity contribution is 6.30. The van der Waals surface area contributed by atoms with Gasteiger partial charge in [0.1, 0.15) is 12.4 Å². The number of aliphatic imine (C=N–C) groups is 1. The van der Waals surface area contributed by atoms with Gasteiger partial charge in [0.05, 0.1) is 11.4 Å². The van der Waals surface area contributed by atoms with Gasteiger partial charge in [-0.05, 0) is 42.3 Å². The van der Waals surface area contributed by atoms with Crippen LogP contribution in [0.2, 0.25) is 5.02 Å². The van der Waals surface area contributed by atoms with Crippen LogP contribution in [0, 0.1) is 6.92 Å². The van der Waals surface area contributed by atoms with Crippen LogP contribution < -0.4 is 0 Å². The number of halogens is 1. The molecule has 0 amide bonds. The molecule has 4 nitrogen and oxygen atoms in total. The first-order valence-corrected chi connectivity index (χ1v) is 8.83. The first kappa shape index (κ1) is 15.3. The Morgan fingerprint density at radius 3 is 2.50 bits per heavy atom. The van der Waals surface area contributed by atoms with Crippen molar-refractivity contribution < 1.29 is 0 Å². The van der Waals surface area contributed by atoms with Crippen molar-refractivity contribution in [2.75, 3.05) is 0 Å². The van der Waals surface area contributed by atoms with Crippen LogP contribution in [0.4, 0.5) is 0 Å². The van der Waals surface area contributed by atoms with Crippen LogP contribution in [0.1, 0.15) is 28.3 Å². The van der Waals surface area contributed by atoms with E-state index in [1.54, 1.807) is 0 Å². The molecule has 2 aliphatic rings. The summed E-state index contributed by atoms with van der Waals surface area (Å²) in [6, 6.07) is 14.3. The number of hydrogen-bond acceptors (Lipinski definition) is 3. The molecule has 5 heteroatoms. The van der Waals surface area contributed by atoms with Crippen molar-refractivity contribution in [3.05, 3.63) is 94.1 Å². The van der Waals surface area contributed by atoms with E-state index in [2.05, 4.69) is 51.2 Å². The third kappa shape index (κ3) is 2.34. The molecule has 1 aliphatic heterocycles. The molecule has 26 heavy (non-hydrogen) atoms. The first-order valence-electron chi connectivity index (χ1n) is 8.45. The summed E-state index contributed by atoms with van der Waals surface area (Å²) in [6.45, 7) is 2.46. The van der Waals surface area contributed by atoms with Gasteiger partial charge in [-0.15, -0.1) is 10.2 Å². The van der Waals surface area contributed by atoms with Gasteiger partial charge in [-0.2, -0.15) is 0 Å². The summed E-state index contributed by atoms with van der Waals surface area (Å²) in [5.41, 5.74) is 6.54. The van der Waals surface area contributed by atoms with Crippen LogP contribution in [-0.2, 0) is 6.54 Å². The summed E-state index contributed by atoms with van der Waals surface area (Å²) in [5.74, 6) is 1.72. The van der Waals surface area contributed by atoms with E-state index in [4.69, 9.17) is 16.6 Å². The molecule has 3 aromatic rings. The third-order valence-corrected chi connectivity index (χ3v) is 5.02. The van der Waals surface area contributed by atoms with E-state index in [1.165, 1.54) is 11.1 Å². The fraction of sp³-hybridized carbons (Fsp3) is 0.0952. The highest BCUT2D eigenvalue weighted by Crippen LogP contribution is 2.30. The predicted molar refractivity (Wildman–Crippen MR) is 104 cm³/mol. The normalized spacial score (nSPS) is 14.7. The van der Waals surface area contributed by atoms with Crippen LogP contribution in [0.15, 0.2) is 65.7 Å². The van der Waals surface area contributed by atoms with E-state index in [0.29, 0.717) is 6.54 Å². The molecular formula is C21H15ClN4. The molecule has 0 spiro atoms. The first-order chi connectivity index (χ1) is 12.7. The Morgan fingerprint density at radius 2 is 1.77 bits per heavy atom. The number of rotatable bonds is 2. The van der Waals surface area contributed by atoms with Crippen LogP contribution in [0.5, 0.6) is 0 Å². The number of benzene rings is 2. The molecule has 0 unspecified atom stereocenters. The summed E-state index contributed by atoms with van der Waals surface area (Å²) in [5, 5.41) is 9.26. The molecule has 1 aliphatic carbocycles. The maximum absolute atomic E-state index is 6.08. The number of hydrogen-bond donors (Lipinski definition) is 0. The minimum Gasteiger partial charge on any atom is -0.281 e. The average Bonchev–Trinajstić information content (AvgIpc) is 2.87. The largest absolute Gasteiger partial charge is 0.281 e. The van der Waals surface area contributed by atoms with Crippen LogP contribution >= 0.6 is 11.6 Å². The highest BCUT2D eigenvalue weighted by atomic mass is 35.5. The van der Waals surface area contributed by atoms with Crippen LogP contribution in [0.3, 0.4) is 0 Å². The molecule has 2 aromatic carbocycles. The second-order valence-electron chi connectivity index (χ2n) is 6.38. The molecule has 0 saturated carbocycles. The van der Waals surface area contributed by atoms with Gasteiger partial charge in [-0.3, -0.25) is 9.56 Å². The summed E-state index contributed by atoms with van der Waals surface area (Å²) in [7, 11) is 0. The Kier molecular flexibility index (Phi) is 3.40. The summed E-state index contributed by atoms with van der Waals surface area (Å²) >= 11 is 6.08. The Balaban J connectivity index is 1.75. The van der Waals surface area contributed by atoms with E-state index in [0.717, 1.165) is 39.2 Å². The van der Waals surface area contributed by atoms with Gasteiger partial charge in [-0.1, -0.05) is 48.0 Å². The van der Waals surface area contributed by atoms with Crippen molar-refractivity contribution in [2.24, 2.45) is 4.99 Å². The number of allylic oxidation sites excluding steroid dienone is 4. The van der Waals surface area contributed by atoms with Crippen molar-refractivity contribution in [3.8, 4) is 5.69 Å². The maximum Gasteiger partial charge on any atom is 0.159 e. The van der Waals surface area contributed by atoms with E-state index in [1.807, 2.05) is 31.2 Å². The highest BCUT2D eigenvalue weighted by Gasteiger charge is 2.22. The zero-order valence-electron chi connectivity index (χ0n) is 14.1. The molecule has 0 bridgehead atoms. The lowest BCUT2D eigenvalue weighted by Gasteiger charge is -2.16. The molecule has 0 atom stereocenters. The van der Waals surface area contributed by atoms with E-state index < -0.39 is 0 Å². The smallest absolute Gasteiger partial charge is 0.159 e. The van der Waals surface area contributed by atoms with Gasteiger partial charge in [-0.25, -0.2) is 0 Å². The Morgan fingerprint density at radius 1 is 1.00 bits per heavy atom. The molecule has 5 rings (SSSR count). The molecule has 0 fully saturated rings. The Labute approximate surface area is 156 Å². The third-order valence-electron chi connectivity index (χ3n) is 4.77. The van der Waals surface area contributed by atoms with Crippen molar-refractivity contribution in [3.63, 3.8) is 0 Å². The molecule has 0 radical (unpaired) electrons. The van der Waals surface area contributed by atoms with Crippen molar-refractivity contribution >= 4 is 22.9 Å². The molecule has 126 valence electrons. The fourth-order valence-electron chi connectivity index (χ4n) is 3.40. The lowest BCUT2D eigenvalue weighted by atomic mass is 9.93. The van der Waals surface area contributed by atoms with Gasteiger partial charge in [0, 0.05) is 16.1 Å². The van der Waals surface area contributed by atoms with Crippen molar-refractivity contribution in [2.45, 2.75) is 13.5 Å². The lowest BCUT2D eigenvalue weighted by molar-refractivity contribution is 0.861. The van der Waals surface area contributed by atoms with E-state index in [9.17, 15) is 0 Å². The molecular weight excluding hydrogens is 344 g/mol. The fourth-order valence-corrected chi connectivity index (χ4v) is 3.52. The van der Waals surface area contributed by atoms with E-state index >= 15 is 0 Å². The number of aryl methyl sites for hydroxylation is 1. The quantitative estimate of drug-likeness (QED) is 0.675. The molecule has 0 N–H and O–H groups in total. The van der Waals surface area contributed by atoms with Crippen molar-refractivity contribution in [1.82, 2.24) is 14.8 Å². The Bertz CT molecular complexity index is 1120. The van der Waals surface area contributed by atoms with Crippen molar-refractivity contribution in [1.29, 1.82) is 0 Å². The SMILES string of the molecule is Cc1nnc2n1-c1ccc(C3=CC=C3)cc1C(c1ccc(Cl)cc1)=NC2. The second kappa shape index (κ2) is 5.78. The van der Waals surface area contributed by atoms with E-state index in [-0.39, 0.29) is 0 Å². The van der Waals surface area contributed by atoms with Crippen LogP contribution in [-0.4, -0.2) is 20.5 Å².